The third kappa shape index (κ3) is 3.56. The summed E-state index contributed by atoms with van der Waals surface area (Å²) < 4.78 is 6.69. The van der Waals surface area contributed by atoms with E-state index in [2.05, 4.69) is 23.2 Å². The lowest BCUT2D eigenvalue weighted by atomic mass is 9.96. The normalized spacial score (nSPS) is 19.3. The molecule has 2 aliphatic rings. The quantitative estimate of drug-likeness (QED) is 0.341. The van der Waals surface area contributed by atoms with E-state index in [1.807, 2.05) is 89.9 Å². The molecule has 0 N–H and O–H groups in total. The Bertz CT molecular complexity index is 1340. The minimum atomic E-state index is -0.406. The second kappa shape index (κ2) is 8.64. The highest BCUT2D eigenvalue weighted by atomic mass is 35.5. The zero-order valence-electron chi connectivity index (χ0n) is 18.5. The first kappa shape index (κ1) is 21.0. The van der Waals surface area contributed by atoms with E-state index < -0.39 is 6.23 Å². The van der Waals surface area contributed by atoms with Crippen LogP contribution >= 0.6 is 11.6 Å². The Morgan fingerprint density at radius 2 is 1.47 bits per heavy atom. The molecule has 0 bridgehead atoms. The summed E-state index contributed by atoms with van der Waals surface area (Å²) in [7, 11) is 0. The molecule has 0 fully saturated rings. The maximum atomic E-state index is 14.2. The number of benzene rings is 4. The van der Waals surface area contributed by atoms with E-state index in [9.17, 15) is 4.79 Å². The molecule has 1 amide bonds. The molecule has 34 heavy (non-hydrogen) atoms. The van der Waals surface area contributed by atoms with Crippen LogP contribution in [0.4, 0.5) is 0 Å². The van der Waals surface area contributed by atoms with E-state index in [4.69, 9.17) is 16.3 Å². The molecule has 0 aliphatic carbocycles. The first-order chi connectivity index (χ1) is 16.7. The summed E-state index contributed by atoms with van der Waals surface area (Å²) in [6.07, 6.45) is 0.425. The Balaban J connectivity index is 1.59. The molecule has 0 spiro atoms. The molecule has 168 valence electrons. The van der Waals surface area contributed by atoms with Gasteiger partial charge < -0.3 is 4.74 Å². The van der Waals surface area contributed by atoms with Gasteiger partial charge in [-0.2, -0.15) is 5.01 Å². The predicted molar refractivity (Wildman–Crippen MR) is 133 cm³/mol. The van der Waals surface area contributed by atoms with Crippen molar-refractivity contribution in [1.29, 1.82) is 0 Å². The molecule has 0 radical (unpaired) electrons. The molecule has 2 aliphatic heterocycles. The van der Waals surface area contributed by atoms with Crippen molar-refractivity contribution in [1.82, 2.24) is 10.0 Å². The standard InChI is InChI=1S/C29H23ClN2O2/c30-23-16-14-21(15-17-23)27-25-12-6-7-13-26(25)34-29-24-11-5-4-8-20(24)18-19-31(29)32(27)28(33)22-9-2-1-3-10-22/h1-17,27,29H,18-19H2/t27-,29-/m0/s1. The van der Waals surface area contributed by atoms with Gasteiger partial charge in [0.1, 0.15) is 11.8 Å². The minimum absolute atomic E-state index is 0.0646. The number of amides is 1. The van der Waals surface area contributed by atoms with Crippen molar-refractivity contribution < 1.29 is 9.53 Å². The van der Waals surface area contributed by atoms with Gasteiger partial charge in [-0.25, -0.2) is 0 Å². The minimum Gasteiger partial charge on any atom is -0.469 e. The smallest absolute Gasteiger partial charge is 0.269 e. The fraction of sp³-hybridized carbons (Fsp3) is 0.138. The van der Waals surface area contributed by atoms with Gasteiger partial charge in [-0.3, -0.25) is 9.80 Å². The highest BCUT2D eigenvalue weighted by Crippen LogP contribution is 2.45. The summed E-state index contributed by atoms with van der Waals surface area (Å²) in [6, 6.07) is 33.2. The van der Waals surface area contributed by atoms with Gasteiger partial charge in [-0.15, -0.1) is 0 Å². The average molecular weight is 467 g/mol. The van der Waals surface area contributed by atoms with Crippen LogP contribution in [0.5, 0.6) is 5.75 Å². The molecule has 0 unspecified atom stereocenters. The van der Waals surface area contributed by atoms with Crippen molar-refractivity contribution in [2.75, 3.05) is 6.54 Å². The summed E-state index contributed by atoms with van der Waals surface area (Å²) in [6.45, 7) is 0.665. The van der Waals surface area contributed by atoms with Crippen LogP contribution in [0.25, 0.3) is 0 Å². The number of nitrogens with zero attached hydrogens (tertiary/aromatic N) is 2. The monoisotopic (exact) mass is 466 g/mol. The number of halogens is 1. The second-order valence-corrected chi connectivity index (χ2v) is 9.03. The van der Waals surface area contributed by atoms with Gasteiger partial charge in [0.05, 0.1) is 0 Å². The van der Waals surface area contributed by atoms with Crippen LogP contribution in [0.3, 0.4) is 0 Å². The summed E-state index contributed by atoms with van der Waals surface area (Å²) in [5, 5.41) is 4.65. The maximum Gasteiger partial charge on any atom is 0.269 e. The number of rotatable bonds is 2. The molecule has 2 heterocycles. The molecule has 0 aromatic heterocycles. The third-order valence-corrected chi connectivity index (χ3v) is 6.84. The molecular weight excluding hydrogens is 444 g/mol. The highest BCUT2D eigenvalue weighted by molar-refractivity contribution is 6.30. The van der Waals surface area contributed by atoms with Gasteiger partial charge in [0.2, 0.25) is 0 Å². The molecule has 4 aromatic carbocycles. The van der Waals surface area contributed by atoms with Gasteiger partial charge >= 0.3 is 0 Å². The van der Waals surface area contributed by atoms with Crippen LogP contribution in [-0.4, -0.2) is 22.5 Å². The van der Waals surface area contributed by atoms with Crippen LogP contribution in [-0.2, 0) is 6.42 Å². The number of hydrogen-bond acceptors (Lipinski definition) is 3. The zero-order valence-corrected chi connectivity index (χ0v) is 19.2. The SMILES string of the molecule is O=C(c1ccccc1)N1[C@@H](c2ccc(Cl)cc2)c2ccccc2O[C@H]2c3ccccc3CCN21. The molecule has 5 heteroatoms. The van der Waals surface area contributed by atoms with E-state index in [-0.39, 0.29) is 11.9 Å². The lowest BCUT2D eigenvalue weighted by molar-refractivity contribution is -0.116. The topological polar surface area (TPSA) is 32.8 Å². The van der Waals surface area contributed by atoms with Gasteiger partial charge in [0.25, 0.3) is 5.91 Å². The second-order valence-electron chi connectivity index (χ2n) is 8.59. The average Bonchev–Trinajstić information content (AvgIpc) is 3.04. The Morgan fingerprint density at radius 3 is 2.26 bits per heavy atom. The van der Waals surface area contributed by atoms with Crippen LogP contribution in [0.2, 0.25) is 5.02 Å². The number of ether oxygens (including phenoxy) is 1. The van der Waals surface area contributed by atoms with Crippen molar-refractivity contribution in [3.05, 3.63) is 136 Å². The largest absolute Gasteiger partial charge is 0.469 e. The highest BCUT2D eigenvalue weighted by Gasteiger charge is 2.43. The van der Waals surface area contributed by atoms with Gasteiger partial charge in [-0.05, 0) is 47.9 Å². The molecular formula is C29H23ClN2O2. The molecule has 0 saturated carbocycles. The first-order valence-electron chi connectivity index (χ1n) is 11.4. The Morgan fingerprint density at radius 1 is 0.794 bits per heavy atom. The number of carbonyl (C=O) groups is 1. The summed E-state index contributed by atoms with van der Waals surface area (Å²) in [5.74, 6) is 0.711. The van der Waals surface area contributed by atoms with Crippen LogP contribution in [0, 0.1) is 0 Å². The summed E-state index contributed by atoms with van der Waals surface area (Å²) in [5.41, 5.74) is 4.90. The van der Waals surface area contributed by atoms with Crippen LogP contribution < -0.4 is 4.74 Å². The lowest BCUT2D eigenvalue weighted by Gasteiger charge is -2.44. The fourth-order valence-corrected chi connectivity index (χ4v) is 5.11. The molecule has 6 rings (SSSR count). The van der Waals surface area contributed by atoms with E-state index in [0.29, 0.717) is 17.1 Å². The number of hydrazine groups is 1. The Labute approximate surface area is 203 Å². The zero-order chi connectivity index (χ0) is 23.1. The van der Waals surface area contributed by atoms with Crippen LogP contribution in [0.15, 0.2) is 103 Å². The van der Waals surface area contributed by atoms with Crippen molar-refractivity contribution in [3.63, 3.8) is 0 Å². The number of hydrogen-bond donors (Lipinski definition) is 0. The lowest BCUT2D eigenvalue weighted by Crippen LogP contribution is -2.52. The van der Waals surface area contributed by atoms with Crippen molar-refractivity contribution in [2.24, 2.45) is 0 Å². The predicted octanol–water partition coefficient (Wildman–Crippen LogP) is 6.44. The number of para-hydroxylation sites is 1. The van der Waals surface area contributed by atoms with Gasteiger partial charge in [0.15, 0.2) is 6.23 Å². The van der Waals surface area contributed by atoms with E-state index in [1.165, 1.54) is 5.56 Å². The summed E-state index contributed by atoms with van der Waals surface area (Å²) >= 11 is 6.23. The first-order valence-corrected chi connectivity index (χ1v) is 11.8. The van der Waals surface area contributed by atoms with Gasteiger partial charge in [-0.1, -0.05) is 84.4 Å². The number of carbonyl (C=O) groups excluding carboxylic acids is 1. The fourth-order valence-electron chi connectivity index (χ4n) is 4.99. The maximum absolute atomic E-state index is 14.2. The molecule has 4 aromatic rings. The summed E-state index contributed by atoms with van der Waals surface area (Å²) in [4.78, 5) is 14.2. The number of fused-ring (bicyclic) bond motifs is 4. The van der Waals surface area contributed by atoms with E-state index in [0.717, 1.165) is 28.9 Å². The van der Waals surface area contributed by atoms with Gasteiger partial charge in [0, 0.05) is 28.3 Å². The third-order valence-electron chi connectivity index (χ3n) is 6.59. The Hall–Kier alpha value is -3.60. The van der Waals surface area contributed by atoms with E-state index in [1.54, 1.807) is 0 Å². The van der Waals surface area contributed by atoms with Crippen molar-refractivity contribution in [3.8, 4) is 5.75 Å². The molecule has 2 atom stereocenters. The molecule has 0 saturated heterocycles. The Kier molecular flexibility index (Phi) is 5.33. The molecule has 4 nitrogen and oxygen atoms in total. The van der Waals surface area contributed by atoms with Crippen LogP contribution in [0.1, 0.15) is 44.9 Å². The van der Waals surface area contributed by atoms with Crippen molar-refractivity contribution >= 4 is 17.5 Å². The van der Waals surface area contributed by atoms with E-state index >= 15 is 0 Å². The van der Waals surface area contributed by atoms with Crippen molar-refractivity contribution in [2.45, 2.75) is 18.7 Å².